The molecule has 0 aromatic heterocycles. The fourth-order valence-electron chi connectivity index (χ4n) is 3.75. The molecule has 1 aliphatic rings. The molecule has 2 aromatic rings. The van der Waals surface area contributed by atoms with Crippen LogP contribution in [0.2, 0.25) is 0 Å². The Bertz CT molecular complexity index is 594. The van der Waals surface area contributed by atoms with Crippen LogP contribution in [0.15, 0.2) is 60.7 Å². The Morgan fingerprint density at radius 2 is 1.58 bits per heavy atom. The molecule has 128 valence electrons. The normalized spacial score (nSPS) is 22.0. The van der Waals surface area contributed by atoms with Gasteiger partial charge in [-0.05, 0) is 29.9 Å². The minimum Gasteiger partial charge on any atom is -0.311 e. The number of piperazine rings is 1. The zero-order chi connectivity index (χ0) is 16.8. The van der Waals surface area contributed by atoms with Crippen molar-refractivity contribution in [3.8, 4) is 0 Å². The summed E-state index contributed by atoms with van der Waals surface area (Å²) in [6.45, 7) is 7.91. The summed E-state index contributed by atoms with van der Waals surface area (Å²) in [6.07, 6.45) is 2.37. The van der Waals surface area contributed by atoms with Gasteiger partial charge in [-0.25, -0.2) is 0 Å². The lowest BCUT2D eigenvalue weighted by atomic mass is 9.96. The highest BCUT2D eigenvalue weighted by atomic mass is 15.2. The van der Waals surface area contributed by atoms with Crippen LogP contribution in [0.4, 0.5) is 0 Å². The van der Waals surface area contributed by atoms with Gasteiger partial charge >= 0.3 is 0 Å². The molecule has 1 N–H and O–H groups in total. The van der Waals surface area contributed by atoms with Gasteiger partial charge in [0.2, 0.25) is 0 Å². The van der Waals surface area contributed by atoms with E-state index in [2.05, 4.69) is 84.7 Å². The minimum absolute atomic E-state index is 0.566. The molecule has 0 amide bonds. The molecule has 0 bridgehead atoms. The van der Waals surface area contributed by atoms with Crippen LogP contribution < -0.4 is 5.32 Å². The van der Waals surface area contributed by atoms with Crippen molar-refractivity contribution in [2.45, 2.75) is 45.3 Å². The first kappa shape index (κ1) is 17.2. The molecule has 2 heteroatoms. The maximum atomic E-state index is 3.79. The Kier molecular flexibility index (Phi) is 6.06. The van der Waals surface area contributed by atoms with E-state index in [1.165, 1.54) is 17.5 Å². The molecular weight excluding hydrogens is 292 g/mol. The lowest BCUT2D eigenvalue weighted by Gasteiger charge is -2.41. The van der Waals surface area contributed by atoms with E-state index in [0.29, 0.717) is 12.1 Å². The Labute approximate surface area is 146 Å². The van der Waals surface area contributed by atoms with Crippen molar-refractivity contribution in [3.63, 3.8) is 0 Å². The van der Waals surface area contributed by atoms with Crippen LogP contribution in [0, 0.1) is 5.92 Å². The molecule has 0 aliphatic carbocycles. The highest BCUT2D eigenvalue weighted by Crippen LogP contribution is 2.19. The SMILES string of the molecule is CC(C)CC1CN(Cc2ccccc2)C(Cc2ccccc2)CN1. The molecule has 2 atom stereocenters. The van der Waals surface area contributed by atoms with E-state index in [-0.39, 0.29) is 0 Å². The molecule has 1 fully saturated rings. The number of hydrogen-bond acceptors (Lipinski definition) is 2. The van der Waals surface area contributed by atoms with Gasteiger partial charge in [0.05, 0.1) is 0 Å². The van der Waals surface area contributed by atoms with Crippen LogP contribution in [0.5, 0.6) is 0 Å². The quantitative estimate of drug-likeness (QED) is 0.861. The standard InChI is InChI=1S/C22H30N2/c1-18(2)13-21-17-24(16-20-11-7-4-8-12-20)22(15-23-21)14-19-9-5-3-6-10-19/h3-12,18,21-23H,13-17H2,1-2H3. The molecule has 0 radical (unpaired) electrons. The highest BCUT2D eigenvalue weighted by molar-refractivity contribution is 5.18. The maximum Gasteiger partial charge on any atom is 0.0265 e. The van der Waals surface area contributed by atoms with E-state index in [9.17, 15) is 0 Å². The van der Waals surface area contributed by atoms with E-state index < -0.39 is 0 Å². The van der Waals surface area contributed by atoms with Crippen LogP contribution in [-0.2, 0) is 13.0 Å². The third-order valence-electron chi connectivity index (χ3n) is 4.91. The van der Waals surface area contributed by atoms with Crippen molar-refractivity contribution in [1.29, 1.82) is 0 Å². The molecule has 24 heavy (non-hydrogen) atoms. The predicted molar refractivity (Wildman–Crippen MR) is 102 cm³/mol. The molecular formula is C22H30N2. The van der Waals surface area contributed by atoms with Gasteiger partial charge in [0, 0.05) is 31.7 Å². The topological polar surface area (TPSA) is 15.3 Å². The second kappa shape index (κ2) is 8.46. The van der Waals surface area contributed by atoms with Gasteiger partial charge in [0.15, 0.2) is 0 Å². The second-order valence-electron chi connectivity index (χ2n) is 7.49. The molecule has 3 rings (SSSR count). The molecule has 2 aromatic carbocycles. The van der Waals surface area contributed by atoms with Crippen LogP contribution in [0.1, 0.15) is 31.4 Å². The van der Waals surface area contributed by atoms with Gasteiger partial charge in [0.1, 0.15) is 0 Å². The number of benzene rings is 2. The van der Waals surface area contributed by atoms with Gasteiger partial charge in [0.25, 0.3) is 0 Å². The summed E-state index contributed by atoms with van der Waals surface area (Å²) in [4.78, 5) is 2.69. The summed E-state index contributed by atoms with van der Waals surface area (Å²) in [7, 11) is 0. The number of rotatable bonds is 6. The first-order valence-corrected chi connectivity index (χ1v) is 9.26. The largest absolute Gasteiger partial charge is 0.311 e. The Hall–Kier alpha value is -1.64. The zero-order valence-electron chi connectivity index (χ0n) is 15.0. The van der Waals surface area contributed by atoms with Crippen molar-refractivity contribution in [3.05, 3.63) is 71.8 Å². The third kappa shape index (κ3) is 4.93. The molecule has 2 nitrogen and oxygen atoms in total. The second-order valence-corrected chi connectivity index (χ2v) is 7.49. The molecule has 1 heterocycles. The van der Waals surface area contributed by atoms with Crippen LogP contribution in [0.25, 0.3) is 0 Å². The average Bonchev–Trinajstić information content (AvgIpc) is 2.59. The monoisotopic (exact) mass is 322 g/mol. The van der Waals surface area contributed by atoms with Gasteiger partial charge in [-0.15, -0.1) is 0 Å². The summed E-state index contributed by atoms with van der Waals surface area (Å²) in [6, 6.07) is 23.0. The number of nitrogens with one attached hydrogen (secondary N) is 1. The molecule has 0 spiro atoms. The summed E-state index contributed by atoms with van der Waals surface area (Å²) < 4.78 is 0. The first-order valence-electron chi connectivity index (χ1n) is 9.26. The fraction of sp³-hybridized carbons (Fsp3) is 0.455. The van der Waals surface area contributed by atoms with Crippen molar-refractivity contribution in [2.75, 3.05) is 13.1 Å². The predicted octanol–water partition coefficient (Wildman–Crippen LogP) is 4.12. The highest BCUT2D eigenvalue weighted by Gasteiger charge is 2.28. The Morgan fingerprint density at radius 1 is 0.958 bits per heavy atom. The van der Waals surface area contributed by atoms with Crippen LogP contribution in [-0.4, -0.2) is 30.1 Å². The lowest BCUT2D eigenvalue weighted by molar-refractivity contribution is 0.114. The summed E-state index contributed by atoms with van der Waals surface area (Å²) >= 11 is 0. The van der Waals surface area contributed by atoms with E-state index in [0.717, 1.165) is 32.0 Å². The summed E-state index contributed by atoms with van der Waals surface area (Å²) in [5, 5.41) is 3.79. The molecule has 1 aliphatic heterocycles. The van der Waals surface area contributed by atoms with Crippen molar-refractivity contribution >= 4 is 0 Å². The number of nitrogens with zero attached hydrogens (tertiary/aromatic N) is 1. The fourth-order valence-corrected chi connectivity index (χ4v) is 3.75. The molecule has 0 saturated carbocycles. The lowest BCUT2D eigenvalue weighted by Crippen LogP contribution is -2.57. The van der Waals surface area contributed by atoms with E-state index in [1.54, 1.807) is 0 Å². The van der Waals surface area contributed by atoms with Gasteiger partial charge in [-0.2, -0.15) is 0 Å². The van der Waals surface area contributed by atoms with E-state index in [4.69, 9.17) is 0 Å². The van der Waals surface area contributed by atoms with Crippen LogP contribution >= 0.6 is 0 Å². The van der Waals surface area contributed by atoms with E-state index >= 15 is 0 Å². The van der Waals surface area contributed by atoms with Crippen LogP contribution in [0.3, 0.4) is 0 Å². The van der Waals surface area contributed by atoms with Crippen molar-refractivity contribution in [1.82, 2.24) is 10.2 Å². The van der Waals surface area contributed by atoms with Crippen molar-refractivity contribution in [2.24, 2.45) is 5.92 Å². The molecule has 1 saturated heterocycles. The van der Waals surface area contributed by atoms with E-state index in [1.807, 2.05) is 0 Å². The maximum absolute atomic E-state index is 3.79. The van der Waals surface area contributed by atoms with Gasteiger partial charge in [-0.3, -0.25) is 4.90 Å². The summed E-state index contributed by atoms with van der Waals surface area (Å²) in [5.41, 5.74) is 2.85. The minimum atomic E-state index is 0.566. The third-order valence-corrected chi connectivity index (χ3v) is 4.91. The smallest absolute Gasteiger partial charge is 0.0265 e. The van der Waals surface area contributed by atoms with Gasteiger partial charge < -0.3 is 5.32 Å². The zero-order valence-corrected chi connectivity index (χ0v) is 15.0. The van der Waals surface area contributed by atoms with Crippen molar-refractivity contribution < 1.29 is 0 Å². The molecule has 2 unspecified atom stereocenters. The average molecular weight is 322 g/mol. The number of hydrogen-bond donors (Lipinski definition) is 1. The Balaban J connectivity index is 1.70. The van der Waals surface area contributed by atoms with Gasteiger partial charge in [-0.1, -0.05) is 74.5 Å². The first-order chi connectivity index (χ1) is 11.7. The Morgan fingerprint density at radius 3 is 2.21 bits per heavy atom. The summed E-state index contributed by atoms with van der Waals surface area (Å²) in [5.74, 6) is 0.742.